The lowest BCUT2D eigenvalue weighted by atomic mass is 10.1. The van der Waals surface area contributed by atoms with E-state index in [0.29, 0.717) is 29.0 Å². The number of amides is 1. The van der Waals surface area contributed by atoms with Crippen LogP contribution in [-0.2, 0) is 11.8 Å². The molecule has 4 rings (SSSR count). The second-order valence-electron chi connectivity index (χ2n) is 6.93. The van der Waals surface area contributed by atoms with Crippen molar-refractivity contribution in [3.8, 4) is 17.1 Å². The molecule has 0 radical (unpaired) electrons. The van der Waals surface area contributed by atoms with Gasteiger partial charge in [0.2, 0.25) is 5.91 Å². The fraction of sp³-hybridized carbons (Fsp3) is 0.167. The van der Waals surface area contributed by atoms with Crippen LogP contribution in [0.5, 0.6) is 5.75 Å². The molecule has 1 amide bonds. The Bertz CT molecular complexity index is 1180. The number of hydrogen-bond acceptors (Lipinski definition) is 6. The quantitative estimate of drug-likeness (QED) is 0.394. The molecule has 0 aliphatic rings. The number of anilines is 1. The molecule has 7 nitrogen and oxygen atoms in total. The molecule has 2 aromatic carbocycles. The summed E-state index contributed by atoms with van der Waals surface area (Å²) in [6, 6.07) is 20.8. The topological polar surface area (TPSA) is 81.9 Å². The maximum atomic E-state index is 13.4. The summed E-state index contributed by atoms with van der Waals surface area (Å²) in [4.78, 5) is 17.6. The predicted molar refractivity (Wildman–Crippen MR) is 126 cm³/mol. The van der Waals surface area contributed by atoms with Gasteiger partial charge >= 0.3 is 0 Å². The Kier molecular flexibility index (Phi) is 6.81. The summed E-state index contributed by atoms with van der Waals surface area (Å²) in [6.45, 7) is 2.43. The van der Waals surface area contributed by atoms with Crippen LogP contribution in [0, 0.1) is 0 Å². The highest BCUT2D eigenvalue weighted by Gasteiger charge is 2.26. The first-order valence-corrected chi connectivity index (χ1v) is 11.1. The fourth-order valence-corrected chi connectivity index (χ4v) is 4.22. The van der Waals surface area contributed by atoms with E-state index in [-0.39, 0.29) is 5.91 Å². The van der Waals surface area contributed by atoms with Gasteiger partial charge in [0.05, 0.1) is 12.3 Å². The van der Waals surface area contributed by atoms with Gasteiger partial charge in [0.1, 0.15) is 11.0 Å². The molecule has 0 fully saturated rings. The van der Waals surface area contributed by atoms with Crippen LogP contribution in [0.25, 0.3) is 11.4 Å². The van der Waals surface area contributed by atoms with Crippen LogP contribution in [0.2, 0.25) is 0 Å². The number of rotatable bonds is 8. The number of pyridine rings is 1. The second kappa shape index (κ2) is 10.1. The molecule has 0 aliphatic carbocycles. The minimum Gasteiger partial charge on any atom is -0.492 e. The molecular formula is C24H23N5O2S. The van der Waals surface area contributed by atoms with Crippen LogP contribution in [0.1, 0.15) is 17.7 Å². The molecule has 0 aliphatic heterocycles. The van der Waals surface area contributed by atoms with E-state index in [1.807, 2.05) is 85.3 Å². The van der Waals surface area contributed by atoms with E-state index in [2.05, 4.69) is 20.5 Å². The lowest BCUT2D eigenvalue weighted by Crippen LogP contribution is -2.20. The number of para-hydroxylation sites is 2. The van der Waals surface area contributed by atoms with Gasteiger partial charge in [0.25, 0.3) is 0 Å². The van der Waals surface area contributed by atoms with E-state index in [4.69, 9.17) is 4.74 Å². The number of nitrogens with one attached hydrogen (secondary N) is 1. The number of ether oxygens (including phenoxy) is 1. The maximum absolute atomic E-state index is 13.4. The molecule has 2 heterocycles. The number of aromatic nitrogens is 4. The smallest absolute Gasteiger partial charge is 0.242 e. The van der Waals surface area contributed by atoms with Crippen LogP contribution >= 0.6 is 11.8 Å². The number of carbonyl (C=O) groups excluding carboxylic acids is 1. The SMILES string of the molecule is CCOc1ccccc1NC(=O)C(Sc1nnc(-c2cccnc2)n1C)c1ccccc1. The minimum absolute atomic E-state index is 0.167. The highest BCUT2D eigenvalue weighted by Crippen LogP contribution is 2.37. The molecule has 0 saturated heterocycles. The number of carbonyl (C=O) groups is 1. The summed E-state index contributed by atoms with van der Waals surface area (Å²) in [5.41, 5.74) is 2.37. The lowest BCUT2D eigenvalue weighted by molar-refractivity contribution is -0.115. The third kappa shape index (κ3) is 4.81. The molecule has 0 saturated carbocycles. The molecule has 1 N–H and O–H groups in total. The van der Waals surface area contributed by atoms with Gasteiger partial charge in [0, 0.05) is 25.0 Å². The van der Waals surface area contributed by atoms with E-state index in [0.717, 1.165) is 11.1 Å². The Morgan fingerprint density at radius 3 is 2.59 bits per heavy atom. The molecule has 1 atom stereocenters. The van der Waals surface area contributed by atoms with E-state index in [1.165, 1.54) is 11.8 Å². The van der Waals surface area contributed by atoms with Crippen molar-refractivity contribution in [1.29, 1.82) is 0 Å². The first-order valence-electron chi connectivity index (χ1n) is 10.2. The van der Waals surface area contributed by atoms with Gasteiger partial charge < -0.3 is 14.6 Å². The van der Waals surface area contributed by atoms with Crippen molar-refractivity contribution in [2.75, 3.05) is 11.9 Å². The Balaban J connectivity index is 1.63. The number of nitrogens with zero attached hydrogens (tertiary/aromatic N) is 4. The van der Waals surface area contributed by atoms with E-state index >= 15 is 0 Å². The molecule has 32 heavy (non-hydrogen) atoms. The maximum Gasteiger partial charge on any atom is 0.242 e. The van der Waals surface area contributed by atoms with E-state index in [9.17, 15) is 4.79 Å². The molecule has 162 valence electrons. The van der Waals surface area contributed by atoms with E-state index < -0.39 is 5.25 Å². The monoisotopic (exact) mass is 445 g/mol. The molecule has 0 bridgehead atoms. The summed E-state index contributed by atoms with van der Waals surface area (Å²) < 4.78 is 7.53. The molecule has 0 spiro atoms. The van der Waals surface area contributed by atoms with Crippen molar-refractivity contribution in [1.82, 2.24) is 19.7 Å². The van der Waals surface area contributed by atoms with Gasteiger partial charge in [0.15, 0.2) is 11.0 Å². The molecule has 8 heteroatoms. The van der Waals surface area contributed by atoms with Gasteiger partial charge in [-0.15, -0.1) is 10.2 Å². The molecule has 4 aromatic rings. The van der Waals surface area contributed by atoms with Crippen molar-refractivity contribution in [3.05, 3.63) is 84.7 Å². The summed E-state index contributed by atoms with van der Waals surface area (Å²) in [5.74, 6) is 1.16. The minimum atomic E-state index is -0.532. The number of hydrogen-bond donors (Lipinski definition) is 1. The van der Waals surface area contributed by atoms with Gasteiger partial charge in [-0.25, -0.2) is 0 Å². The molecule has 2 aromatic heterocycles. The van der Waals surface area contributed by atoms with Crippen molar-refractivity contribution >= 4 is 23.4 Å². The first kappa shape index (κ1) is 21.6. The summed E-state index contributed by atoms with van der Waals surface area (Å²) in [7, 11) is 1.88. The Morgan fingerprint density at radius 2 is 1.84 bits per heavy atom. The summed E-state index contributed by atoms with van der Waals surface area (Å²) in [6.07, 6.45) is 3.45. The van der Waals surface area contributed by atoms with Crippen molar-refractivity contribution in [2.24, 2.45) is 7.05 Å². The predicted octanol–water partition coefficient (Wildman–Crippen LogP) is 4.75. The zero-order valence-electron chi connectivity index (χ0n) is 17.8. The zero-order chi connectivity index (χ0) is 22.3. The van der Waals surface area contributed by atoms with Crippen LogP contribution in [0.15, 0.2) is 84.3 Å². The highest BCUT2D eigenvalue weighted by atomic mass is 32.2. The van der Waals surface area contributed by atoms with Crippen molar-refractivity contribution < 1.29 is 9.53 Å². The third-order valence-electron chi connectivity index (χ3n) is 4.76. The molecule has 1 unspecified atom stereocenters. The van der Waals surface area contributed by atoms with Crippen molar-refractivity contribution in [3.63, 3.8) is 0 Å². The van der Waals surface area contributed by atoms with Crippen molar-refractivity contribution in [2.45, 2.75) is 17.3 Å². The Hall–Kier alpha value is -3.65. The average Bonchev–Trinajstić information content (AvgIpc) is 3.20. The van der Waals surface area contributed by atoms with Gasteiger partial charge in [-0.1, -0.05) is 54.2 Å². The number of thioether (sulfide) groups is 1. The Labute approximate surface area is 190 Å². The normalized spacial score (nSPS) is 11.7. The standard InChI is InChI=1S/C24H23N5O2S/c1-3-31-20-14-8-7-13-19(20)26-23(30)21(17-10-5-4-6-11-17)32-24-28-27-22(29(24)2)18-12-9-15-25-16-18/h4-16,21H,3H2,1-2H3,(H,26,30). The number of benzene rings is 2. The third-order valence-corrected chi connectivity index (χ3v) is 6.05. The van der Waals surface area contributed by atoms with Crippen LogP contribution < -0.4 is 10.1 Å². The van der Waals surface area contributed by atoms with Gasteiger partial charge in [-0.05, 0) is 36.8 Å². The second-order valence-corrected chi connectivity index (χ2v) is 8.01. The summed E-state index contributed by atoms with van der Waals surface area (Å²) in [5, 5.41) is 11.8. The largest absolute Gasteiger partial charge is 0.492 e. The Morgan fingerprint density at radius 1 is 1.06 bits per heavy atom. The zero-order valence-corrected chi connectivity index (χ0v) is 18.6. The highest BCUT2D eigenvalue weighted by molar-refractivity contribution is 8.00. The van der Waals surface area contributed by atoms with Gasteiger partial charge in [-0.2, -0.15) is 0 Å². The first-order chi connectivity index (χ1) is 15.7. The van der Waals surface area contributed by atoms with Crippen LogP contribution in [0.4, 0.5) is 5.69 Å². The van der Waals surface area contributed by atoms with Crippen LogP contribution in [0.3, 0.4) is 0 Å². The summed E-state index contributed by atoms with van der Waals surface area (Å²) >= 11 is 1.35. The van der Waals surface area contributed by atoms with Gasteiger partial charge in [-0.3, -0.25) is 9.78 Å². The average molecular weight is 446 g/mol. The fourth-order valence-electron chi connectivity index (χ4n) is 3.22. The lowest BCUT2D eigenvalue weighted by Gasteiger charge is -2.18. The molecular weight excluding hydrogens is 422 g/mol. The van der Waals surface area contributed by atoms with E-state index in [1.54, 1.807) is 12.4 Å². The van der Waals surface area contributed by atoms with Crippen LogP contribution in [-0.4, -0.2) is 32.3 Å².